The maximum Gasteiger partial charge on any atom is 0.225 e. The van der Waals surface area contributed by atoms with E-state index in [2.05, 4.69) is 29.1 Å². The van der Waals surface area contributed by atoms with Crippen molar-refractivity contribution in [3.05, 3.63) is 24.3 Å². The highest BCUT2D eigenvalue weighted by atomic mass is 16.5. The van der Waals surface area contributed by atoms with Gasteiger partial charge in [0.05, 0.1) is 19.6 Å². The smallest absolute Gasteiger partial charge is 0.225 e. The van der Waals surface area contributed by atoms with Gasteiger partial charge in [-0.15, -0.1) is 0 Å². The minimum atomic E-state index is 0.0837. The van der Waals surface area contributed by atoms with Crippen LogP contribution in [0.3, 0.4) is 0 Å². The van der Waals surface area contributed by atoms with Crippen molar-refractivity contribution >= 4 is 5.91 Å². The number of carbonyl (C=O) groups is 1. The van der Waals surface area contributed by atoms with E-state index in [0.717, 1.165) is 25.9 Å². The van der Waals surface area contributed by atoms with Gasteiger partial charge in [-0.25, -0.2) is 0 Å². The zero-order valence-corrected chi connectivity index (χ0v) is 13.8. The molecule has 1 saturated heterocycles. The number of amides is 1. The lowest BCUT2D eigenvalue weighted by molar-refractivity contribution is -0.126. The number of nitrogens with zero attached hydrogens (tertiary/aromatic N) is 1. The molecule has 0 unspecified atom stereocenters. The number of methoxy groups -OCH3 is 1. The third kappa shape index (κ3) is 5.50. The van der Waals surface area contributed by atoms with E-state index in [-0.39, 0.29) is 18.4 Å². The number of ether oxygens (including phenoxy) is 2. The molecule has 23 heavy (non-hydrogen) atoms. The van der Waals surface area contributed by atoms with E-state index in [0.29, 0.717) is 18.0 Å². The summed E-state index contributed by atoms with van der Waals surface area (Å²) in [5.74, 6) is 7.34. The molecule has 1 amide bonds. The van der Waals surface area contributed by atoms with Crippen LogP contribution in [0.15, 0.2) is 24.3 Å². The molecular weight excluding hydrogens is 292 g/mol. The first-order valence-electron chi connectivity index (χ1n) is 7.88. The van der Waals surface area contributed by atoms with Crippen molar-refractivity contribution < 1.29 is 14.3 Å². The number of rotatable bonds is 5. The summed E-state index contributed by atoms with van der Waals surface area (Å²) in [6, 6.07) is 7.44. The van der Waals surface area contributed by atoms with Gasteiger partial charge in [-0.3, -0.25) is 4.79 Å². The van der Waals surface area contributed by atoms with Gasteiger partial charge in [-0.05, 0) is 38.6 Å². The van der Waals surface area contributed by atoms with Crippen LogP contribution in [0.1, 0.15) is 12.8 Å². The number of carbonyl (C=O) groups excluding carboxylic acids is 1. The number of piperidine rings is 1. The summed E-state index contributed by atoms with van der Waals surface area (Å²) in [5.41, 5.74) is 0. The summed E-state index contributed by atoms with van der Waals surface area (Å²) in [7, 11) is 3.65. The second kappa shape index (κ2) is 9.06. The van der Waals surface area contributed by atoms with E-state index in [1.165, 1.54) is 0 Å². The fourth-order valence-corrected chi connectivity index (χ4v) is 2.62. The van der Waals surface area contributed by atoms with Gasteiger partial charge in [0.1, 0.15) is 6.61 Å². The van der Waals surface area contributed by atoms with Crippen LogP contribution in [0.4, 0.5) is 0 Å². The molecule has 1 aromatic carbocycles. The van der Waals surface area contributed by atoms with Crippen LogP contribution in [0.5, 0.6) is 11.5 Å². The van der Waals surface area contributed by atoms with Crippen molar-refractivity contribution in [1.29, 1.82) is 0 Å². The van der Waals surface area contributed by atoms with Crippen LogP contribution in [-0.2, 0) is 4.79 Å². The Morgan fingerprint density at radius 2 is 2.13 bits per heavy atom. The topological polar surface area (TPSA) is 50.8 Å². The fraction of sp³-hybridized carbons (Fsp3) is 0.500. The van der Waals surface area contributed by atoms with Crippen molar-refractivity contribution in [2.45, 2.75) is 12.8 Å². The van der Waals surface area contributed by atoms with E-state index in [4.69, 9.17) is 9.47 Å². The molecule has 1 aliphatic heterocycles. The molecule has 0 aliphatic carbocycles. The largest absolute Gasteiger partial charge is 0.493 e. The number of nitrogens with one attached hydrogen (secondary N) is 1. The van der Waals surface area contributed by atoms with Gasteiger partial charge in [0.15, 0.2) is 11.5 Å². The summed E-state index contributed by atoms with van der Waals surface area (Å²) in [5, 5.41) is 2.87. The van der Waals surface area contributed by atoms with Gasteiger partial charge >= 0.3 is 0 Å². The molecule has 0 saturated carbocycles. The van der Waals surface area contributed by atoms with Crippen LogP contribution in [0.25, 0.3) is 0 Å². The molecule has 1 aromatic rings. The standard InChI is InChI=1S/C18H24N2O3/c1-20-12-7-8-15(14-20)18(21)19-11-5-6-13-23-17-10-4-3-9-16(17)22-2/h3-4,9-10,15H,7-8,11-14H2,1-2H3,(H,19,21)/t15-/m0/s1. The molecule has 0 spiro atoms. The Kier molecular flexibility index (Phi) is 6.76. The average Bonchev–Trinajstić information content (AvgIpc) is 2.58. The zero-order valence-electron chi connectivity index (χ0n) is 13.8. The van der Waals surface area contributed by atoms with E-state index < -0.39 is 0 Å². The van der Waals surface area contributed by atoms with Crippen molar-refractivity contribution in [3.63, 3.8) is 0 Å². The second-order valence-corrected chi connectivity index (χ2v) is 5.61. The Morgan fingerprint density at radius 1 is 1.35 bits per heavy atom. The number of para-hydroxylation sites is 2. The Hall–Kier alpha value is -2.19. The van der Waals surface area contributed by atoms with Crippen molar-refractivity contribution in [2.24, 2.45) is 5.92 Å². The van der Waals surface area contributed by atoms with Crippen molar-refractivity contribution in [1.82, 2.24) is 10.2 Å². The lowest BCUT2D eigenvalue weighted by Gasteiger charge is -2.28. The van der Waals surface area contributed by atoms with Crippen LogP contribution in [0.2, 0.25) is 0 Å². The highest BCUT2D eigenvalue weighted by Gasteiger charge is 2.23. The maximum absolute atomic E-state index is 12.0. The van der Waals surface area contributed by atoms with E-state index in [1.807, 2.05) is 24.3 Å². The molecular formula is C18H24N2O3. The van der Waals surface area contributed by atoms with Crippen LogP contribution >= 0.6 is 0 Å². The normalized spacial score (nSPS) is 17.7. The monoisotopic (exact) mass is 316 g/mol. The second-order valence-electron chi connectivity index (χ2n) is 5.61. The van der Waals surface area contributed by atoms with Gasteiger partial charge in [0, 0.05) is 6.54 Å². The molecule has 1 aliphatic rings. The van der Waals surface area contributed by atoms with E-state index in [9.17, 15) is 4.79 Å². The first kappa shape index (κ1) is 17.2. The van der Waals surface area contributed by atoms with Crippen LogP contribution in [0, 0.1) is 17.8 Å². The first-order chi connectivity index (χ1) is 11.2. The van der Waals surface area contributed by atoms with Crippen molar-refractivity contribution in [3.8, 4) is 23.3 Å². The Morgan fingerprint density at radius 3 is 2.87 bits per heavy atom. The van der Waals surface area contributed by atoms with Gasteiger partial charge in [-0.1, -0.05) is 24.0 Å². The summed E-state index contributed by atoms with van der Waals surface area (Å²) in [4.78, 5) is 14.2. The highest BCUT2D eigenvalue weighted by Crippen LogP contribution is 2.25. The number of hydrogen-bond acceptors (Lipinski definition) is 4. The highest BCUT2D eigenvalue weighted by molar-refractivity contribution is 5.79. The van der Waals surface area contributed by atoms with Gasteiger partial charge in [-0.2, -0.15) is 0 Å². The Balaban J connectivity index is 1.69. The number of hydrogen-bond donors (Lipinski definition) is 1. The third-order valence-corrected chi connectivity index (χ3v) is 3.84. The third-order valence-electron chi connectivity index (χ3n) is 3.84. The van der Waals surface area contributed by atoms with E-state index >= 15 is 0 Å². The summed E-state index contributed by atoms with van der Waals surface area (Å²) in [6.07, 6.45) is 2.04. The van der Waals surface area contributed by atoms with Gasteiger partial charge in [0.2, 0.25) is 5.91 Å². The molecule has 0 bridgehead atoms. The lowest BCUT2D eigenvalue weighted by atomic mass is 9.98. The van der Waals surface area contributed by atoms with Crippen molar-refractivity contribution in [2.75, 3.05) is 40.4 Å². The van der Waals surface area contributed by atoms with Gasteiger partial charge in [0.25, 0.3) is 0 Å². The Labute approximate surface area is 138 Å². The fourth-order valence-electron chi connectivity index (χ4n) is 2.62. The minimum Gasteiger partial charge on any atom is -0.493 e. The molecule has 1 heterocycles. The predicted octanol–water partition coefficient (Wildman–Crippen LogP) is 1.54. The molecule has 0 aromatic heterocycles. The predicted molar refractivity (Wildman–Crippen MR) is 89.5 cm³/mol. The van der Waals surface area contributed by atoms with Crippen LogP contribution in [-0.4, -0.2) is 51.2 Å². The summed E-state index contributed by atoms with van der Waals surface area (Å²) < 4.78 is 10.7. The maximum atomic E-state index is 12.0. The molecule has 1 N–H and O–H groups in total. The van der Waals surface area contributed by atoms with E-state index in [1.54, 1.807) is 7.11 Å². The average molecular weight is 316 g/mol. The number of benzene rings is 1. The van der Waals surface area contributed by atoms with Gasteiger partial charge < -0.3 is 19.7 Å². The molecule has 0 radical (unpaired) electrons. The molecule has 2 rings (SSSR count). The number of likely N-dealkylation sites (tertiary alicyclic amines) is 1. The molecule has 5 nitrogen and oxygen atoms in total. The quantitative estimate of drug-likeness (QED) is 0.837. The molecule has 1 fully saturated rings. The molecule has 5 heteroatoms. The van der Waals surface area contributed by atoms with Crippen LogP contribution < -0.4 is 14.8 Å². The minimum absolute atomic E-state index is 0.0837. The summed E-state index contributed by atoms with van der Waals surface area (Å²) >= 11 is 0. The molecule has 1 atom stereocenters. The Bertz CT molecular complexity index is 577. The first-order valence-corrected chi connectivity index (χ1v) is 7.88. The molecule has 124 valence electrons. The zero-order chi connectivity index (χ0) is 16.5. The SMILES string of the molecule is COc1ccccc1OCC#CCNC(=O)[C@H]1CCCN(C)C1. The lowest BCUT2D eigenvalue weighted by Crippen LogP contribution is -2.41. The summed E-state index contributed by atoms with van der Waals surface area (Å²) in [6.45, 7) is 2.52.